The first-order chi connectivity index (χ1) is 10.1. The van der Waals surface area contributed by atoms with Gasteiger partial charge in [0.05, 0.1) is 12.9 Å². The minimum Gasteiger partial charge on any atom is -0.480 e. The van der Waals surface area contributed by atoms with Gasteiger partial charge in [0, 0.05) is 38.5 Å². The summed E-state index contributed by atoms with van der Waals surface area (Å²) in [5.74, 6) is -1.11. The molecule has 0 saturated heterocycles. The normalized spacial score (nSPS) is 11.7. The van der Waals surface area contributed by atoms with E-state index in [1.807, 2.05) is 0 Å². The lowest BCUT2D eigenvalue weighted by Crippen LogP contribution is -2.49. The number of hydrogen-bond acceptors (Lipinski definition) is 4. The van der Waals surface area contributed by atoms with Crippen molar-refractivity contribution in [3.05, 3.63) is 30.9 Å². The number of hydrogen-bond donors (Lipinski definition) is 3. The van der Waals surface area contributed by atoms with Gasteiger partial charge >= 0.3 is 12.0 Å². The van der Waals surface area contributed by atoms with E-state index in [-0.39, 0.29) is 6.42 Å². The molecule has 1 heterocycles. The molecular formula is C13H20N4O4. The van der Waals surface area contributed by atoms with Crippen molar-refractivity contribution in [2.45, 2.75) is 12.5 Å². The molecule has 3 N–H and O–H groups in total. The molecule has 8 nitrogen and oxygen atoms in total. The highest BCUT2D eigenvalue weighted by Crippen LogP contribution is 2.01. The van der Waals surface area contributed by atoms with Crippen molar-refractivity contribution in [2.75, 3.05) is 26.8 Å². The summed E-state index contributed by atoms with van der Waals surface area (Å²) in [6.45, 7) is 4.60. The van der Waals surface area contributed by atoms with Gasteiger partial charge < -0.3 is 25.0 Å². The van der Waals surface area contributed by atoms with Crippen LogP contribution in [0.3, 0.4) is 0 Å². The van der Waals surface area contributed by atoms with E-state index in [1.165, 1.54) is 24.5 Å². The third kappa shape index (κ3) is 5.65. The number of nitrogens with zero attached hydrogens (tertiary/aromatic N) is 2. The highest BCUT2D eigenvalue weighted by molar-refractivity contribution is 5.82. The highest BCUT2D eigenvalue weighted by Gasteiger charge is 2.23. The Labute approximate surface area is 122 Å². The van der Waals surface area contributed by atoms with E-state index >= 15 is 0 Å². The molecule has 1 aromatic heterocycles. The molecule has 21 heavy (non-hydrogen) atoms. The van der Waals surface area contributed by atoms with Crippen molar-refractivity contribution < 1.29 is 19.4 Å². The summed E-state index contributed by atoms with van der Waals surface area (Å²) in [5.41, 5.74) is 0.634. The van der Waals surface area contributed by atoms with Crippen molar-refractivity contribution in [3.8, 4) is 0 Å². The number of methoxy groups -OCH3 is 1. The van der Waals surface area contributed by atoms with E-state index in [2.05, 4.69) is 21.9 Å². The molecule has 0 spiro atoms. The quantitative estimate of drug-likeness (QED) is 0.566. The molecule has 0 bridgehead atoms. The van der Waals surface area contributed by atoms with Crippen molar-refractivity contribution in [1.29, 1.82) is 0 Å². The van der Waals surface area contributed by atoms with Crippen LogP contribution in [-0.4, -0.2) is 64.8 Å². The molecule has 0 aliphatic heterocycles. The number of aromatic amines is 1. The fourth-order valence-corrected chi connectivity index (χ4v) is 1.69. The van der Waals surface area contributed by atoms with Crippen LogP contribution in [0.15, 0.2) is 25.2 Å². The zero-order chi connectivity index (χ0) is 15.7. The van der Waals surface area contributed by atoms with Gasteiger partial charge in [0.15, 0.2) is 0 Å². The van der Waals surface area contributed by atoms with Crippen LogP contribution in [0.25, 0.3) is 0 Å². The first kappa shape index (κ1) is 16.7. The lowest BCUT2D eigenvalue weighted by atomic mass is 10.1. The summed E-state index contributed by atoms with van der Waals surface area (Å²) in [5, 5.41) is 11.7. The monoisotopic (exact) mass is 296 g/mol. The van der Waals surface area contributed by atoms with Crippen LogP contribution in [0.5, 0.6) is 0 Å². The van der Waals surface area contributed by atoms with Gasteiger partial charge in [0.25, 0.3) is 0 Å². The zero-order valence-corrected chi connectivity index (χ0v) is 11.9. The molecule has 0 radical (unpaired) electrons. The van der Waals surface area contributed by atoms with Gasteiger partial charge in [-0.25, -0.2) is 14.6 Å². The molecule has 0 aliphatic carbocycles. The fourth-order valence-electron chi connectivity index (χ4n) is 1.69. The maximum absolute atomic E-state index is 12.1. The summed E-state index contributed by atoms with van der Waals surface area (Å²) in [6.07, 6.45) is 4.68. The van der Waals surface area contributed by atoms with Crippen LogP contribution < -0.4 is 5.32 Å². The van der Waals surface area contributed by atoms with Gasteiger partial charge in [-0.3, -0.25) is 0 Å². The number of urea groups is 1. The Morgan fingerprint density at radius 3 is 2.95 bits per heavy atom. The second kappa shape index (κ2) is 8.75. The second-order valence-corrected chi connectivity index (χ2v) is 4.35. The summed E-state index contributed by atoms with van der Waals surface area (Å²) in [4.78, 5) is 31.4. The highest BCUT2D eigenvalue weighted by atomic mass is 16.5. The Hall–Kier alpha value is -2.35. The van der Waals surface area contributed by atoms with Gasteiger partial charge in [-0.2, -0.15) is 0 Å². The molecule has 0 unspecified atom stereocenters. The molecule has 0 aliphatic rings. The van der Waals surface area contributed by atoms with Crippen LogP contribution in [0.2, 0.25) is 0 Å². The number of carbonyl (C=O) groups excluding carboxylic acids is 1. The average molecular weight is 296 g/mol. The minimum absolute atomic E-state index is 0.132. The molecule has 0 saturated carbocycles. The van der Waals surface area contributed by atoms with E-state index in [1.54, 1.807) is 6.08 Å². The van der Waals surface area contributed by atoms with Gasteiger partial charge in [-0.15, -0.1) is 6.58 Å². The maximum Gasteiger partial charge on any atom is 0.326 e. The standard InChI is InChI=1S/C13H20N4O4/c1-3-4-17(5-6-21-2)13(20)16-11(12(18)19)7-10-8-14-9-15-10/h3,8-9,11H,1,4-7H2,2H3,(H,14,15)(H,16,20)(H,18,19)/t11-/m0/s1. The molecule has 8 heteroatoms. The molecular weight excluding hydrogens is 276 g/mol. The number of aromatic nitrogens is 2. The minimum atomic E-state index is -1.11. The zero-order valence-electron chi connectivity index (χ0n) is 11.9. The lowest BCUT2D eigenvalue weighted by molar-refractivity contribution is -0.139. The Morgan fingerprint density at radius 2 is 2.43 bits per heavy atom. The van der Waals surface area contributed by atoms with Crippen LogP contribution in [0, 0.1) is 0 Å². The number of carboxylic acids is 1. The largest absolute Gasteiger partial charge is 0.480 e. The number of rotatable bonds is 9. The number of imidazole rings is 1. The van der Waals surface area contributed by atoms with E-state index in [0.29, 0.717) is 25.4 Å². The van der Waals surface area contributed by atoms with Crippen LogP contribution in [-0.2, 0) is 16.0 Å². The summed E-state index contributed by atoms with van der Waals surface area (Å²) in [7, 11) is 1.53. The number of carboxylic acid groups (broad SMARTS) is 1. The predicted octanol–water partition coefficient (Wildman–Crippen LogP) is 0.249. The first-order valence-electron chi connectivity index (χ1n) is 6.43. The SMILES string of the molecule is C=CCN(CCOC)C(=O)N[C@@H](Cc1cnc[nH]1)C(=O)O. The van der Waals surface area contributed by atoms with E-state index in [0.717, 1.165) is 0 Å². The fraction of sp³-hybridized carbons (Fsp3) is 0.462. The Bertz CT molecular complexity index is 461. The van der Waals surface area contributed by atoms with Crippen molar-refractivity contribution in [1.82, 2.24) is 20.2 Å². The van der Waals surface area contributed by atoms with Crippen LogP contribution >= 0.6 is 0 Å². The molecule has 1 atom stereocenters. The van der Waals surface area contributed by atoms with Gasteiger partial charge in [0.1, 0.15) is 6.04 Å². The van der Waals surface area contributed by atoms with Crippen molar-refractivity contribution >= 4 is 12.0 Å². The third-order valence-corrected chi connectivity index (χ3v) is 2.78. The summed E-state index contributed by atoms with van der Waals surface area (Å²) < 4.78 is 4.92. The molecule has 1 aromatic rings. The number of H-pyrrole nitrogens is 1. The Kier molecular flexibility index (Phi) is 6.96. The third-order valence-electron chi connectivity index (χ3n) is 2.78. The first-order valence-corrected chi connectivity index (χ1v) is 6.43. The van der Waals surface area contributed by atoms with E-state index in [4.69, 9.17) is 4.74 Å². The molecule has 0 aromatic carbocycles. The number of carbonyl (C=O) groups is 2. The lowest BCUT2D eigenvalue weighted by Gasteiger charge is -2.23. The summed E-state index contributed by atoms with van der Waals surface area (Å²) in [6, 6.07) is -1.51. The number of ether oxygens (including phenoxy) is 1. The number of nitrogens with one attached hydrogen (secondary N) is 2. The maximum atomic E-state index is 12.1. The van der Waals surface area contributed by atoms with E-state index in [9.17, 15) is 14.7 Å². The Balaban J connectivity index is 2.64. The number of aliphatic carboxylic acids is 1. The topological polar surface area (TPSA) is 108 Å². The number of amides is 2. The predicted molar refractivity (Wildman–Crippen MR) is 75.9 cm³/mol. The second-order valence-electron chi connectivity index (χ2n) is 4.35. The molecule has 0 fully saturated rings. The van der Waals surface area contributed by atoms with E-state index < -0.39 is 18.0 Å². The smallest absolute Gasteiger partial charge is 0.326 e. The van der Waals surface area contributed by atoms with Crippen LogP contribution in [0.1, 0.15) is 5.69 Å². The van der Waals surface area contributed by atoms with Crippen molar-refractivity contribution in [2.24, 2.45) is 0 Å². The van der Waals surface area contributed by atoms with Gasteiger partial charge in [-0.05, 0) is 0 Å². The average Bonchev–Trinajstić information content (AvgIpc) is 2.95. The Morgan fingerprint density at radius 1 is 1.67 bits per heavy atom. The molecule has 1 rings (SSSR count). The summed E-state index contributed by atoms with van der Waals surface area (Å²) >= 11 is 0. The van der Waals surface area contributed by atoms with Gasteiger partial charge in [-0.1, -0.05) is 6.08 Å². The molecule has 116 valence electrons. The van der Waals surface area contributed by atoms with Gasteiger partial charge in [0.2, 0.25) is 0 Å². The van der Waals surface area contributed by atoms with Crippen molar-refractivity contribution in [3.63, 3.8) is 0 Å². The van der Waals surface area contributed by atoms with Crippen LogP contribution in [0.4, 0.5) is 4.79 Å². The molecule has 2 amide bonds.